The van der Waals surface area contributed by atoms with Crippen LogP contribution in [0.1, 0.15) is 52.9 Å². The van der Waals surface area contributed by atoms with Gasteiger partial charge in [0.15, 0.2) is 5.82 Å². The molecule has 1 aromatic heterocycles. The normalized spacial score (nSPS) is 12.0. The molecule has 0 bridgehead atoms. The number of hydrogen-bond acceptors (Lipinski definition) is 4. The number of ether oxygens (including phenoxy) is 2. The van der Waals surface area contributed by atoms with E-state index in [1.54, 1.807) is 0 Å². The Kier molecular flexibility index (Phi) is 9.67. The van der Waals surface area contributed by atoms with Gasteiger partial charge in [-0.25, -0.2) is 14.4 Å². The molecule has 3 rings (SSSR count). The lowest BCUT2D eigenvalue weighted by molar-refractivity contribution is 0.174. The molecule has 1 atom stereocenters. The first-order valence-corrected chi connectivity index (χ1v) is 12.0. The molecule has 2 aromatic carbocycles. The summed E-state index contributed by atoms with van der Waals surface area (Å²) < 4.78 is 25.2. The molecule has 5 heteroatoms. The molecule has 4 nitrogen and oxygen atoms in total. The molecule has 0 aliphatic heterocycles. The number of aromatic nitrogens is 2. The van der Waals surface area contributed by atoms with E-state index < -0.39 is 6.17 Å². The average Bonchev–Trinajstić information content (AvgIpc) is 2.83. The molecule has 0 fully saturated rings. The van der Waals surface area contributed by atoms with Crippen LogP contribution < -0.4 is 9.47 Å². The van der Waals surface area contributed by atoms with E-state index in [-0.39, 0.29) is 6.61 Å². The van der Waals surface area contributed by atoms with Gasteiger partial charge < -0.3 is 9.47 Å². The zero-order valence-electron chi connectivity index (χ0n) is 20.0. The lowest BCUT2D eigenvalue weighted by atomic mass is 10.1. The molecular weight excluding hydrogens is 415 g/mol. The summed E-state index contributed by atoms with van der Waals surface area (Å²) in [6, 6.07) is 15.5. The molecule has 0 amide bonds. The van der Waals surface area contributed by atoms with Crippen molar-refractivity contribution in [3.8, 4) is 34.0 Å². The van der Waals surface area contributed by atoms with Crippen LogP contribution in [0.5, 0.6) is 11.5 Å². The lowest BCUT2D eigenvalue weighted by Crippen LogP contribution is -2.15. The highest BCUT2D eigenvalue weighted by atomic mass is 19.1. The molecule has 0 N–H and O–H groups in total. The predicted octanol–water partition coefficient (Wildman–Crippen LogP) is 7.53. The molecule has 0 saturated carbocycles. The summed E-state index contributed by atoms with van der Waals surface area (Å²) in [5.74, 6) is 2.49. The minimum Gasteiger partial charge on any atom is -0.494 e. The monoisotopic (exact) mass is 450 g/mol. The first-order valence-electron chi connectivity index (χ1n) is 12.0. The van der Waals surface area contributed by atoms with Crippen molar-refractivity contribution in [2.75, 3.05) is 13.2 Å². The van der Waals surface area contributed by atoms with Crippen LogP contribution in [0, 0.1) is 5.92 Å². The Hall–Kier alpha value is -2.95. The first kappa shape index (κ1) is 24.7. The first-order chi connectivity index (χ1) is 16.0. The van der Waals surface area contributed by atoms with E-state index in [4.69, 9.17) is 9.47 Å². The molecule has 0 spiro atoms. The summed E-state index contributed by atoms with van der Waals surface area (Å²) in [7, 11) is 0. The van der Waals surface area contributed by atoms with E-state index in [1.165, 1.54) is 19.3 Å². The minimum absolute atomic E-state index is 0.0748. The summed E-state index contributed by atoms with van der Waals surface area (Å²) in [5.41, 5.74) is 2.89. The van der Waals surface area contributed by atoms with Crippen LogP contribution in [0.3, 0.4) is 0 Å². The average molecular weight is 451 g/mol. The van der Waals surface area contributed by atoms with Gasteiger partial charge in [0.1, 0.15) is 24.3 Å². The zero-order chi connectivity index (χ0) is 23.5. The number of benzene rings is 2. The van der Waals surface area contributed by atoms with Crippen molar-refractivity contribution in [1.29, 1.82) is 0 Å². The van der Waals surface area contributed by atoms with E-state index in [9.17, 15) is 4.39 Å². The summed E-state index contributed by atoms with van der Waals surface area (Å²) in [6.07, 6.45) is 8.00. The number of nitrogens with zero attached hydrogens (tertiary/aromatic N) is 2. The van der Waals surface area contributed by atoms with Crippen LogP contribution in [0.15, 0.2) is 60.9 Å². The van der Waals surface area contributed by atoms with E-state index in [2.05, 4.69) is 16.9 Å². The Morgan fingerprint density at radius 3 is 1.97 bits per heavy atom. The molecule has 3 aromatic rings. The van der Waals surface area contributed by atoms with Crippen molar-refractivity contribution in [1.82, 2.24) is 9.97 Å². The highest BCUT2D eigenvalue weighted by Crippen LogP contribution is 2.24. The van der Waals surface area contributed by atoms with Crippen molar-refractivity contribution in [3.63, 3.8) is 0 Å². The number of hydrogen-bond donors (Lipinski definition) is 0. The minimum atomic E-state index is -0.952. The van der Waals surface area contributed by atoms with Gasteiger partial charge in [-0.3, -0.25) is 0 Å². The Balaban J connectivity index is 1.53. The Morgan fingerprint density at radius 2 is 1.36 bits per heavy atom. The van der Waals surface area contributed by atoms with Crippen molar-refractivity contribution in [3.05, 3.63) is 60.9 Å². The lowest BCUT2D eigenvalue weighted by Gasteiger charge is -2.12. The van der Waals surface area contributed by atoms with Gasteiger partial charge in [-0.15, -0.1) is 0 Å². The molecule has 0 aliphatic rings. The molecular formula is C28H35FN2O2. The Bertz CT molecular complexity index is 941. The Labute approximate surface area is 197 Å². The van der Waals surface area contributed by atoms with Crippen LogP contribution in [0.4, 0.5) is 4.39 Å². The highest BCUT2D eigenvalue weighted by molar-refractivity contribution is 5.64. The van der Waals surface area contributed by atoms with Crippen molar-refractivity contribution < 1.29 is 13.9 Å². The van der Waals surface area contributed by atoms with Gasteiger partial charge in [0, 0.05) is 23.5 Å². The molecule has 33 heavy (non-hydrogen) atoms. The number of halogens is 1. The van der Waals surface area contributed by atoms with E-state index >= 15 is 0 Å². The van der Waals surface area contributed by atoms with Crippen LogP contribution in [-0.2, 0) is 0 Å². The number of rotatable bonds is 13. The maximum absolute atomic E-state index is 13.8. The van der Waals surface area contributed by atoms with Crippen LogP contribution in [0.25, 0.3) is 22.5 Å². The van der Waals surface area contributed by atoms with Crippen molar-refractivity contribution in [2.45, 2.75) is 59.0 Å². The van der Waals surface area contributed by atoms with E-state index in [0.717, 1.165) is 35.5 Å². The molecule has 1 unspecified atom stereocenters. The number of alkyl halides is 1. The third kappa shape index (κ3) is 8.16. The second kappa shape index (κ2) is 12.9. The van der Waals surface area contributed by atoms with Crippen LogP contribution in [0.2, 0.25) is 0 Å². The van der Waals surface area contributed by atoms with Crippen LogP contribution >= 0.6 is 0 Å². The summed E-state index contributed by atoms with van der Waals surface area (Å²) in [4.78, 5) is 9.04. The SMILES string of the molecule is CCCCCCOc1ccc(-c2cnc(-c3ccc(OCC(F)CC(C)C)cc3)nc2)cc1. The largest absolute Gasteiger partial charge is 0.494 e. The molecule has 0 radical (unpaired) electrons. The molecule has 176 valence electrons. The summed E-state index contributed by atoms with van der Waals surface area (Å²) in [5, 5.41) is 0. The third-order valence-electron chi connectivity index (χ3n) is 5.38. The van der Waals surface area contributed by atoms with Gasteiger partial charge in [-0.05, 0) is 60.7 Å². The number of unbranched alkanes of at least 4 members (excludes halogenated alkanes) is 3. The molecule has 0 saturated heterocycles. The highest BCUT2D eigenvalue weighted by Gasteiger charge is 2.10. The summed E-state index contributed by atoms with van der Waals surface area (Å²) >= 11 is 0. The van der Waals surface area contributed by atoms with Gasteiger partial charge in [0.25, 0.3) is 0 Å². The van der Waals surface area contributed by atoms with Gasteiger partial charge >= 0.3 is 0 Å². The van der Waals surface area contributed by atoms with Gasteiger partial charge in [0.2, 0.25) is 0 Å². The van der Waals surface area contributed by atoms with Gasteiger partial charge in [-0.1, -0.05) is 52.2 Å². The van der Waals surface area contributed by atoms with Gasteiger partial charge in [0.05, 0.1) is 6.61 Å². The topological polar surface area (TPSA) is 44.2 Å². The maximum Gasteiger partial charge on any atom is 0.159 e. The molecule has 0 aliphatic carbocycles. The fraction of sp³-hybridized carbons (Fsp3) is 0.429. The third-order valence-corrected chi connectivity index (χ3v) is 5.38. The second-order valence-electron chi connectivity index (χ2n) is 8.79. The maximum atomic E-state index is 13.8. The predicted molar refractivity (Wildman–Crippen MR) is 132 cm³/mol. The van der Waals surface area contributed by atoms with E-state index in [0.29, 0.717) is 23.9 Å². The van der Waals surface area contributed by atoms with Crippen molar-refractivity contribution >= 4 is 0 Å². The smallest absolute Gasteiger partial charge is 0.159 e. The summed E-state index contributed by atoms with van der Waals surface area (Å²) in [6.45, 7) is 7.05. The van der Waals surface area contributed by atoms with Crippen molar-refractivity contribution in [2.24, 2.45) is 5.92 Å². The van der Waals surface area contributed by atoms with Gasteiger partial charge in [-0.2, -0.15) is 0 Å². The Morgan fingerprint density at radius 1 is 0.758 bits per heavy atom. The van der Waals surface area contributed by atoms with Crippen LogP contribution in [-0.4, -0.2) is 29.4 Å². The second-order valence-corrected chi connectivity index (χ2v) is 8.79. The zero-order valence-corrected chi connectivity index (χ0v) is 20.0. The fourth-order valence-electron chi connectivity index (χ4n) is 3.56. The standard InChI is InChI=1S/C28H35FN2O2/c1-4-5-6-7-16-32-26-12-8-22(9-13-26)24-18-30-28(31-19-24)23-10-14-27(15-11-23)33-20-25(29)17-21(2)3/h8-15,18-19,21,25H,4-7,16-17,20H2,1-3H3. The van der Waals surface area contributed by atoms with E-state index in [1.807, 2.05) is 74.8 Å². The quantitative estimate of drug-likeness (QED) is 0.252. The molecule has 1 heterocycles. The fourth-order valence-corrected chi connectivity index (χ4v) is 3.56.